The first-order chi connectivity index (χ1) is 9.34. The number of hydrogen-bond acceptors (Lipinski definition) is 1. The molecule has 0 N–H and O–H groups in total. The molecule has 0 bridgehead atoms. The molecule has 1 fully saturated rings. The summed E-state index contributed by atoms with van der Waals surface area (Å²) < 4.78 is 2.45. The first-order valence-electron chi connectivity index (χ1n) is 7.17. The summed E-state index contributed by atoms with van der Waals surface area (Å²) in [6, 6.07) is 13.2. The highest BCUT2D eigenvalue weighted by molar-refractivity contribution is 5.99. The average molecular weight is 251 g/mol. The van der Waals surface area contributed by atoms with Gasteiger partial charge in [0.15, 0.2) is 5.78 Å². The Bertz CT molecular complexity index is 635. The SMILES string of the molecule is O=C1CCCc2c1cc(-c1ccccc1)n2C1CC1. The molecule has 0 spiro atoms. The van der Waals surface area contributed by atoms with Gasteiger partial charge in [-0.15, -0.1) is 0 Å². The molecule has 4 rings (SSSR count). The van der Waals surface area contributed by atoms with E-state index < -0.39 is 0 Å². The third-order valence-corrected chi connectivity index (χ3v) is 4.24. The minimum atomic E-state index is 0.331. The van der Waals surface area contributed by atoms with Crippen molar-refractivity contribution in [2.24, 2.45) is 0 Å². The van der Waals surface area contributed by atoms with Crippen LogP contribution in [0.2, 0.25) is 0 Å². The molecular formula is C17H17NO. The third-order valence-electron chi connectivity index (χ3n) is 4.24. The van der Waals surface area contributed by atoms with Gasteiger partial charge in [-0.3, -0.25) is 4.79 Å². The van der Waals surface area contributed by atoms with Crippen LogP contribution in [-0.2, 0) is 6.42 Å². The molecule has 96 valence electrons. The first-order valence-corrected chi connectivity index (χ1v) is 7.17. The van der Waals surface area contributed by atoms with Crippen molar-refractivity contribution in [1.82, 2.24) is 4.57 Å². The van der Waals surface area contributed by atoms with E-state index in [9.17, 15) is 4.79 Å². The first kappa shape index (κ1) is 11.0. The third kappa shape index (κ3) is 1.74. The summed E-state index contributed by atoms with van der Waals surface area (Å²) in [4.78, 5) is 12.1. The molecule has 2 heteroatoms. The van der Waals surface area contributed by atoms with Crippen molar-refractivity contribution in [3.63, 3.8) is 0 Å². The molecule has 0 radical (unpaired) electrons. The van der Waals surface area contributed by atoms with Gasteiger partial charge in [0.1, 0.15) is 0 Å². The number of fused-ring (bicyclic) bond motifs is 1. The second-order valence-electron chi connectivity index (χ2n) is 5.63. The molecule has 1 heterocycles. The van der Waals surface area contributed by atoms with E-state index in [0.717, 1.165) is 24.8 Å². The lowest BCUT2D eigenvalue weighted by Crippen LogP contribution is -2.12. The number of Topliss-reactive ketones (excluding diaryl/α,β-unsaturated/α-hetero) is 1. The number of benzene rings is 1. The summed E-state index contributed by atoms with van der Waals surface area (Å²) in [7, 11) is 0. The highest BCUT2D eigenvalue weighted by atomic mass is 16.1. The Labute approximate surface area is 113 Å². The molecule has 1 saturated carbocycles. The van der Waals surface area contributed by atoms with Crippen LogP contribution in [0.25, 0.3) is 11.3 Å². The Balaban J connectivity index is 1.93. The lowest BCUT2D eigenvalue weighted by atomic mass is 9.96. The Morgan fingerprint density at radius 3 is 2.58 bits per heavy atom. The van der Waals surface area contributed by atoms with E-state index in [4.69, 9.17) is 0 Å². The van der Waals surface area contributed by atoms with Crippen molar-refractivity contribution in [2.75, 3.05) is 0 Å². The maximum atomic E-state index is 12.1. The number of ketones is 1. The van der Waals surface area contributed by atoms with Gasteiger partial charge in [0.05, 0.1) is 0 Å². The summed E-state index contributed by atoms with van der Waals surface area (Å²) >= 11 is 0. The second kappa shape index (κ2) is 4.09. The summed E-state index contributed by atoms with van der Waals surface area (Å²) in [5.41, 5.74) is 4.74. The van der Waals surface area contributed by atoms with Crippen LogP contribution in [0.3, 0.4) is 0 Å². The van der Waals surface area contributed by atoms with E-state index in [1.54, 1.807) is 0 Å². The molecule has 2 aliphatic rings. The molecular weight excluding hydrogens is 234 g/mol. The van der Waals surface area contributed by atoms with Crippen molar-refractivity contribution in [3.8, 4) is 11.3 Å². The van der Waals surface area contributed by atoms with E-state index in [-0.39, 0.29) is 0 Å². The fraction of sp³-hybridized carbons (Fsp3) is 0.353. The number of rotatable bonds is 2. The van der Waals surface area contributed by atoms with Gasteiger partial charge in [-0.2, -0.15) is 0 Å². The van der Waals surface area contributed by atoms with Crippen LogP contribution in [0.4, 0.5) is 0 Å². The summed E-state index contributed by atoms with van der Waals surface area (Å²) in [5.74, 6) is 0.331. The molecule has 2 aliphatic carbocycles. The van der Waals surface area contributed by atoms with Gasteiger partial charge in [0.25, 0.3) is 0 Å². The topological polar surface area (TPSA) is 22.0 Å². The standard InChI is InChI=1S/C17H17NO/c19-17-8-4-7-15-14(17)11-16(18(15)13-9-10-13)12-5-2-1-3-6-12/h1-3,5-6,11,13H,4,7-10H2. The smallest absolute Gasteiger partial charge is 0.164 e. The van der Waals surface area contributed by atoms with Gasteiger partial charge in [0, 0.05) is 29.4 Å². The fourth-order valence-corrected chi connectivity index (χ4v) is 3.19. The van der Waals surface area contributed by atoms with E-state index in [0.29, 0.717) is 11.8 Å². The van der Waals surface area contributed by atoms with E-state index in [2.05, 4.69) is 34.9 Å². The Morgan fingerprint density at radius 2 is 1.84 bits per heavy atom. The fourth-order valence-electron chi connectivity index (χ4n) is 3.19. The van der Waals surface area contributed by atoms with Crippen LogP contribution >= 0.6 is 0 Å². The molecule has 0 aliphatic heterocycles. The molecule has 2 nitrogen and oxygen atoms in total. The van der Waals surface area contributed by atoms with Gasteiger partial charge in [0.2, 0.25) is 0 Å². The Kier molecular flexibility index (Phi) is 2.37. The summed E-state index contributed by atoms with van der Waals surface area (Å²) in [6.45, 7) is 0. The zero-order chi connectivity index (χ0) is 12.8. The van der Waals surface area contributed by atoms with Crippen molar-refractivity contribution >= 4 is 5.78 Å². The van der Waals surface area contributed by atoms with E-state index >= 15 is 0 Å². The second-order valence-corrected chi connectivity index (χ2v) is 5.63. The van der Waals surface area contributed by atoms with Gasteiger partial charge in [-0.05, 0) is 37.3 Å². The monoisotopic (exact) mass is 251 g/mol. The van der Waals surface area contributed by atoms with Gasteiger partial charge >= 0.3 is 0 Å². The highest BCUT2D eigenvalue weighted by Crippen LogP contribution is 2.43. The quantitative estimate of drug-likeness (QED) is 0.790. The number of aromatic nitrogens is 1. The molecule has 0 atom stereocenters. The normalized spacial score (nSPS) is 18.4. The zero-order valence-corrected chi connectivity index (χ0v) is 10.9. The molecule has 0 amide bonds. The van der Waals surface area contributed by atoms with Crippen molar-refractivity contribution < 1.29 is 4.79 Å². The molecule has 0 unspecified atom stereocenters. The van der Waals surface area contributed by atoms with Gasteiger partial charge in [-0.1, -0.05) is 30.3 Å². The number of carbonyl (C=O) groups is 1. The minimum Gasteiger partial charge on any atom is -0.341 e. The maximum absolute atomic E-state index is 12.1. The molecule has 2 aromatic rings. The van der Waals surface area contributed by atoms with Crippen LogP contribution < -0.4 is 0 Å². The van der Waals surface area contributed by atoms with Crippen LogP contribution in [0.5, 0.6) is 0 Å². The lowest BCUT2D eigenvalue weighted by Gasteiger charge is -2.16. The number of carbonyl (C=O) groups excluding carboxylic acids is 1. The largest absolute Gasteiger partial charge is 0.341 e. The van der Waals surface area contributed by atoms with Gasteiger partial charge in [-0.25, -0.2) is 0 Å². The lowest BCUT2D eigenvalue weighted by molar-refractivity contribution is 0.0972. The van der Waals surface area contributed by atoms with Crippen LogP contribution in [0.1, 0.15) is 47.8 Å². The zero-order valence-electron chi connectivity index (χ0n) is 10.9. The van der Waals surface area contributed by atoms with Crippen LogP contribution in [-0.4, -0.2) is 10.4 Å². The Hall–Kier alpha value is -1.83. The minimum absolute atomic E-state index is 0.331. The molecule has 0 saturated heterocycles. The summed E-state index contributed by atoms with van der Waals surface area (Å²) in [5, 5.41) is 0. The van der Waals surface area contributed by atoms with E-state index in [1.165, 1.54) is 29.8 Å². The molecule has 1 aromatic carbocycles. The highest BCUT2D eigenvalue weighted by Gasteiger charge is 2.32. The van der Waals surface area contributed by atoms with Gasteiger partial charge < -0.3 is 4.57 Å². The average Bonchev–Trinajstić information content (AvgIpc) is 3.20. The molecule has 1 aromatic heterocycles. The number of hydrogen-bond donors (Lipinski definition) is 0. The van der Waals surface area contributed by atoms with Crippen LogP contribution in [0.15, 0.2) is 36.4 Å². The van der Waals surface area contributed by atoms with Crippen LogP contribution in [0, 0.1) is 0 Å². The van der Waals surface area contributed by atoms with Crippen molar-refractivity contribution in [1.29, 1.82) is 0 Å². The molecule has 19 heavy (non-hydrogen) atoms. The Morgan fingerprint density at radius 1 is 1.05 bits per heavy atom. The van der Waals surface area contributed by atoms with E-state index in [1.807, 2.05) is 6.07 Å². The van der Waals surface area contributed by atoms with Crippen molar-refractivity contribution in [2.45, 2.75) is 38.1 Å². The summed E-state index contributed by atoms with van der Waals surface area (Å²) in [6.07, 6.45) is 5.31. The van der Waals surface area contributed by atoms with Crippen molar-refractivity contribution in [3.05, 3.63) is 47.7 Å². The number of nitrogens with zero attached hydrogens (tertiary/aromatic N) is 1. The predicted molar refractivity (Wildman–Crippen MR) is 75.4 cm³/mol. The maximum Gasteiger partial charge on any atom is 0.164 e. The predicted octanol–water partition coefficient (Wildman–Crippen LogP) is 4.01.